The van der Waals surface area contributed by atoms with Crippen LogP contribution >= 0.6 is 0 Å². The first-order valence-electron chi connectivity index (χ1n) is 2.34. The number of amides is 1. The molecule has 5 heteroatoms. The van der Waals surface area contributed by atoms with Gasteiger partial charge in [0.2, 0.25) is 0 Å². The van der Waals surface area contributed by atoms with Crippen LogP contribution in [0, 0.1) is 4.91 Å². The lowest BCUT2D eigenvalue weighted by molar-refractivity contribution is -0.135. The normalized spacial score (nSPS) is 9.30. The predicted molar refractivity (Wildman–Crippen MR) is 32.0 cm³/mol. The van der Waals surface area contributed by atoms with Gasteiger partial charge in [-0.25, -0.2) is 4.79 Å². The molecule has 0 unspecified atom stereocenters. The van der Waals surface area contributed by atoms with Crippen LogP contribution in [0.3, 0.4) is 0 Å². The second kappa shape index (κ2) is 4.37. The molecular formula is C5H5NO4. The van der Waals surface area contributed by atoms with Crippen LogP contribution in [0.5, 0.6) is 0 Å². The number of hydrogen-bond donors (Lipinski definition) is 0. The summed E-state index contributed by atoms with van der Waals surface area (Å²) in [5, 5.41) is 2.01. The van der Waals surface area contributed by atoms with Crippen molar-refractivity contribution in [3.8, 4) is 0 Å². The second-order valence-corrected chi connectivity index (χ2v) is 1.29. The van der Waals surface area contributed by atoms with E-state index in [-0.39, 0.29) is 0 Å². The Morgan fingerprint density at radius 1 is 1.40 bits per heavy atom. The standard InChI is InChI=1S/C5H5NO4/c1-10-5(8)3-2-4(7)6-9/h2-3H,1H3/b3-2-. The van der Waals surface area contributed by atoms with Crippen LogP contribution in [0.2, 0.25) is 0 Å². The largest absolute Gasteiger partial charge is 0.466 e. The lowest BCUT2D eigenvalue weighted by Gasteiger charge is -1.85. The summed E-state index contributed by atoms with van der Waals surface area (Å²) in [5.74, 6) is -1.71. The number of esters is 1. The van der Waals surface area contributed by atoms with E-state index in [4.69, 9.17) is 0 Å². The molecule has 0 rings (SSSR count). The summed E-state index contributed by atoms with van der Waals surface area (Å²) in [6, 6.07) is 0. The summed E-state index contributed by atoms with van der Waals surface area (Å²) in [6.07, 6.45) is 1.56. The SMILES string of the molecule is COC(=O)/C=C\C(=O)N=O. The van der Waals surface area contributed by atoms with Crippen LogP contribution in [0.25, 0.3) is 0 Å². The van der Waals surface area contributed by atoms with Crippen molar-refractivity contribution in [3.05, 3.63) is 17.1 Å². The summed E-state index contributed by atoms with van der Waals surface area (Å²) >= 11 is 0. The molecule has 0 radical (unpaired) electrons. The molecule has 0 aliphatic rings. The van der Waals surface area contributed by atoms with Crippen LogP contribution in [-0.2, 0) is 14.3 Å². The molecular weight excluding hydrogens is 138 g/mol. The van der Waals surface area contributed by atoms with Gasteiger partial charge in [0.1, 0.15) is 0 Å². The number of hydrogen-bond acceptors (Lipinski definition) is 4. The first kappa shape index (κ1) is 8.48. The Morgan fingerprint density at radius 2 is 2.00 bits per heavy atom. The lowest BCUT2D eigenvalue weighted by Crippen LogP contribution is -1.95. The van der Waals surface area contributed by atoms with Crippen molar-refractivity contribution >= 4 is 11.9 Å². The van der Waals surface area contributed by atoms with Gasteiger partial charge in [-0.15, -0.1) is 4.91 Å². The molecule has 10 heavy (non-hydrogen) atoms. The lowest BCUT2D eigenvalue weighted by atomic mass is 10.5. The van der Waals surface area contributed by atoms with E-state index in [0.29, 0.717) is 0 Å². The molecule has 0 aromatic rings. The van der Waals surface area contributed by atoms with Crippen molar-refractivity contribution in [1.82, 2.24) is 0 Å². The fraction of sp³-hybridized carbons (Fsp3) is 0.200. The highest BCUT2D eigenvalue weighted by Crippen LogP contribution is 1.80. The van der Waals surface area contributed by atoms with Gasteiger partial charge in [0.15, 0.2) is 0 Å². The Hall–Kier alpha value is -1.52. The van der Waals surface area contributed by atoms with Crippen molar-refractivity contribution in [2.75, 3.05) is 7.11 Å². The Labute approximate surface area is 56.6 Å². The third kappa shape index (κ3) is 3.48. The molecule has 0 heterocycles. The smallest absolute Gasteiger partial charge is 0.330 e. The van der Waals surface area contributed by atoms with E-state index < -0.39 is 11.9 Å². The summed E-state index contributed by atoms with van der Waals surface area (Å²) in [4.78, 5) is 29.7. The van der Waals surface area contributed by atoms with E-state index in [1.165, 1.54) is 0 Å². The zero-order chi connectivity index (χ0) is 7.98. The van der Waals surface area contributed by atoms with Gasteiger partial charge in [0, 0.05) is 17.3 Å². The molecule has 0 atom stereocenters. The molecule has 0 spiro atoms. The highest BCUT2D eigenvalue weighted by molar-refractivity contribution is 5.94. The Morgan fingerprint density at radius 3 is 2.40 bits per heavy atom. The number of nitrogens with zero attached hydrogens (tertiary/aromatic N) is 1. The van der Waals surface area contributed by atoms with E-state index in [2.05, 4.69) is 4.74 Å². The van der Waals surface area contributed by atoms with Gasteiger partial charge in [-0.3, -0.25) is 4.79 Å². The van der Waals surface area contributed by atoms with E-state index in [1.54, 1.807) is 0 Å². The molecule has 0 saturated carbocycles. The minimum atomic E-state index is -1.01. The average molecular weight is 143 g/mol. The number of nitroso groups, excluding NO2 is 1. The van der Waals surface area contributed by atoms with Crippen molar-refractivity contribution in [2.24, 2.45) is 5.18 Å². The van der Waals surface area contributed by atoms with E-state index >= 15 is 0 Å². The first-order valence-corrected chi connectivity index (χ1v) is 2.34. The quantitative estimate of drug-likeness (QED) is 0.310. The van der Waals surface area contributed by atoms with E-state index in [0.717, 1.165) is 19.3 Å². The molecule has 0 aromatic heterocycles. The number of methoxy groups -OCH3 is 1. The van der Waals surface area contributed by atoms with Crippen molar-refractivity contribution < 1.29 is 14.3 Å². The minimum absolute atomic E-state index is 0.697. The highest BCUT2D eigenvalue weighted by Gasteiger charge is 1.94. The monoisotopic (exact) mass is 143 g/mol. The predicted octanol–water partition coefficient (Wildman–Crippen LogP) is 0.00860. The molecule has 54 valence electrons. The van der Waals surface area contributed by atoms with Gasteiger partial charge in [0.25, 0.3) is 0 Å². The molecule has 0 fully saturated rings. The van der Waals surface area contributed by atoms with Gasteiger partial charge in [-0.2, -0.15) is 0 Å². The summed E-state index contributed by atoms with van der Waals surface area (Å²) in [6.45, 7) is 0. The minimum Gasteiger partial charge on any atom is -0.466 e. The van der Waals surface area contributed by atoms with Crippen LogP contribution in [0.4, 0.5) is 0 Å². The topological polar surface area (TPSA) is 72.8 Å². The molecule has 0 saturated heterocycles. The zero-order valence-corrected chi connectivity index (χ0v) is 5.23. The van der Waals surface area contributed by atoms with Crippen LogP contribution in [0.1, 0.15) is 0 Å². The fourth-order valence-corrected chi connectivity index (χ4v) is 0.238. The average Bonchev–Trinajstić information content (AvgIpc) is 1.99. The molecule has 0 N–H and O–H groups in total. The van der Waals surface area contributed by atoms with E-state index in [9.17, 15) is 14.5 Å². The van der Waals surface area contributed by atoms with Crippen molar-refractivity contribution in [1.29, 1.82) is 0 Å². The Kier molecular flexibility index (Phi) is 3.70. The molecule has 0 bridgehead atoms. The molecule has 5 nitrogen and oxygen atoms in total. The van der Waals surface area contributed by atoms with Crippen molar-refractivity contribution in [3.63, 3.8) is 0 Å². The first-order chi connectivity index (χ1) is 4.70. The van der Waals surface area contributed by atoms with Gasteiger partial charge in [-0.05, 0) is 0 Å². The highest BCUT2D eigenvalue weighted by atomic mass is 16.5. The summed E-state index contributed by atoms with van der Waals surface area (Å²) in [7, 11) is 1.16. The Balaban J connectivity index is 3.87. The molecule has 1 amide bonds. The number of rotatable bonds is 2. The maximum absolute atomic E-state index is 10.2. The summed E-state index contributed by atoms with van der Waals surface area (Å²) in [5.41, 5.74) is 0. The molecule has 0 aliphatic carbocycles. The maximum atomic E-state index is 10.2. The third-order valence-electron chi connectivity index (χ3n) is 0.653. The van der Waals surface area contributed by atoms with E-state index in [1.807, 2.05) is 5.18 Å². The number of ether oxygens (including phenoxy) is 1. The van der Waals surface area contributed by atoms with Crippen LogP contribution in [0.15, 0.2) is 17.3 Å². The van der Waals surface area contributed by atoms with Gasteiger partial charge >= 0.3 is 11.9 Å². The van der Waals surface area contributed by atoms with Crippen molar-refractivity contribution in [2.45, 2.75) is 0 Å². The Bertz CT molecular complexity index is 184. The number of carbonyl (C=O) groups is 2. The van der Waals surface area contributed by atoms with Gasteiger partial charge < -0.3 is 4.74 Å². The van der Waals surface area contributed by atoms with Crippen LogP contribution < -0.4 is 0 Å². The second-order valence-electron chi connectivity index (χ2n) is 1.29. The number of carbonyl (C=O) groups excluding carboxylic acids is 2. The van der Waals surface area contributed by atoms with Crippen LogP contribution in [-0.4, -0.2) is 19.0 Å². The van der Waals surface area contributed by atoms with Gasteiger partial charge in [-0.1, -0.05) is 0 Å². The summed E-state index contributed by atoms with van der Waals surface area (Å²) < 4.78 is 4.12. The molecule has 0 aliphatic heterocycles. The zero-order valence-electron chi connectivity index (χ0n) is 5.23. The fourth-order valence-electron chi connectivity index (χ4n) is 0.238. The van der Waals surface area contributed by atoms with Gasteiger partial charge in [0.05, 0.1) is 7.11 Å². The molecule has 0 aromatic carbocycles. The maximum Gasteiger partial charge on any atom is 0.330 e. The third-order valence-corrected chi connectivity index (χ3v) is 0.653.